The molecule has 1 rings (SSSR count). The normalized spacial score (nSPS) is 17.1. The number of hydrogen-bond acceptors (Lipinski definition) is 3. The predicted octanol–water partition coefficient (Wildman–Crippen LogP) is 3.26. The minimum absolute atomic E-state index is 0.204. The van der Waals surface area contributed by atoms with Crippen LogP contribution < -0.4 is 0 Å². The molecule has 3 heteroatoms. The maximum absolute atomic E-state index is 11.4. The monoisotopic (exact) mass is 240 g/mol. The van der Waals surface area contributed by atoms with E-state index in [0.29, 0.717) is 6.42 Å². The molecular formula is C14H24O3. The zero-order chi connectivity index (χ0) is 12.7. The second-order valence-electron chi connectivity index (χ2n) is 5.27. The quantitative estimate of drug-likeness (QED) is 0.528. The first-order valence-corrected chi connectivity index (χ1v) is 6.83. The highest BCUT2D eigenvalue weighted by molar-refractivity contribution is 6.33. The Kier molecular flexibility index (Phi) is 6.23. The van der Waals surface area contributed by atoms with E-state index >= 15 is 0 Å². The number of carbonyl (C=O) groups is 2. The molecule has 0 heterocycles. The minimum atomic E-state index is -0.663. The van der Waals surface area contributed by atoms with Gasteiger partial charge >= 0.3 is 5.97 Å². The number of Topliss-reactive ketones (excluding diaryl/α,β-unsaturated/α-hetero) is 1. The number of ether oxygens (including phenoxy) is 1. The number of rotatable bonds is 6. The van der Waals surface area contributed by atoms with Crippen LogP contribution in [0.25, 0.3) is 0 Å². The van der Waals surface area contributed by atoms with Crippen molar-refractivity contribution in [2.24, 2.45) is 5.92 Å². The maximum Gasteiger partial charge on any atom is 0.374 e. The van der Waals surface area contributed by atoms with Crippen LogP contribution in [0.15, 0.2) is 0 Å². The van der Waals surface area contributed by atoms with E-state index in [2.05, 4.69) is 0 Å². The minimum Gasteiger partial charge on any atom is -0.457 e. The van der Waals surface area contributed by atoms with Gasteiger partial charge in [0.1, 0.15) is 0 Å². The van der Waals surface area contributed by atoms with Crippen LogP contribution >= 0.6 is 0 Å². The van der Waals surface area contributed by atoms with E-state index < -0.39 is 5.97 Å². The summed E-state index contributed by atoms with van der Waals surface area (Å²) in [6, 6.07) is 0. The molecule has 0 amide bonds. The average molecular weight is 240 g/mol. The summed E-state index contributed by atoms with van der Waals surface area (Å²) in [4.78, 5) is 22.7. The topological polar surface area (TPSA) is 43.4 Å². The van der Waals surface area contributed by atoms with Gasteiger partial charge in [0, 0.05) is 6.42 Å². The highest BCUT2D eigenvalue weighted by Crippen LogP contribution is 2.27. The van der Waals surface area contributed by atoms with Gasteiger partial charge in [-0.2, -0.15) is 0 Å². The molecular weight excluding hydrogens is 216 g/mol. The molecule has 1 aliphatic carbocycles. The first-order chi connectivity index (χ1) is 8.09. The molecule has 98 valence electrons. The largest absolute Gasteiger partial charge is 0.457 e. The number of ketones is 1. The lowest BCUT2D eigenvalue weighted by Gasteiger charge is -2.20. The van der Waals surface area contributed by atoms with Crippen molar-refractivity contribution in [2.45, 2.75) is 71.3 Å². The summed E-state index contributed by atoms with van der Waals surface area (Å²) < 4.78 is 4.87. The zero-order valence-corrected chi connectivity index (χ0v) is 11.0. The second kappa shape index (κ2) is 7.46. The van der Waals surface area contributed by atoms with Gasteiger partial charge in [-0.05, 0) is 26.2 Å². The summed E-state index contributed by atoms with van der Waals surface area (Å²) in [5, 5.41) is 0. The molecule has 0 unspecified atom stereocenters. The Hall–Kier alpha value is -0.860. The van der Waals surface area contributed by atoms with Crippen molar-refractivity contribution in [3.63, 3.8) is 0 Å². The summed E-state index contributed by atoms with van der Waals surface area (Å²) >= 11 is 0. The van der Waals surface area contributed by atoms with Gasteiger partial charge in [-0.1, -0.05) is 38.5 Å². The molecule has 1 aliphatic rings. The van der Waals surface area contributed by atoms with Gasteiger partial charge in [0.15, 0.2) is 0 Å². The molecule has 0 saturated heterocycles. The van der Waals surface area contributed by atoms with Crippen molar-refractivity contribution in [3.05, 3.63) is 0 Å². The molecule has 17 heavy (non-hydrogen) atoms. The van der Waals surface area contributed by atoms with E-state index in [9.17, 15) is 9.59 Å². The molecule has 0 aliphatic heterocycles. The second-order valence-corrected chi connectivity index (χ2v) is 5.27. The Bertz CT molecular complexity index is 252. The van der Waals surface area contributed by atoms with E-state index in [-0.39, 0.29) is 11.9 Å². The Morgan fingerprint density at radius 1 is 1.18 bits per heavy atom. The van der Waals surface area contributed by atoms with Crippen molar-refractivity contribution in [2.75, 3.05) is 0 Å². The standard InChI is InChI=1S/C14H24O3/c1-11(2)17-14(16)13(15)10-6-9-12-7-4-3-5-8-12/h11-12H,3-10H2,1-2H3. The van der Waals surface area contributed by atoms with Gasteiger partial charge < -0.3 is 4.74 Å². The van der Waals surface area contributed by atoms with Crippen molar-refractivity contribution in [3.8, 4) is 0 Å². The van der Waals surface area contributed by atoms with E-state index in [0.717, 1.165) is 18.8 Å². The van der Waals surface area contributed by atoms with Crippen LogP contribution in [0, 0.1) is 5.92 Å². The van der Waals surface area contributed by atoms with Crippen LogP contribution in [0.5, 0.6) is 0 Å². The number of hydrogen-bond donors (Lipinski definition) is 0. The molecule has 0 radical (unpaired) electrons. The van der Waals surface area contributed by atoms with Crippen LogP contribution in [0.1, 0.15) is 65.2 Å². The molecule has 0 aromatic rings. The fourth-order valence-corrected chi connectivity index (χ4v) is 2.41. The maximum atomic E-state index is 11.4. The van der Waals surface area contributed by atoms with Crippen LogP contribution in [-0.4, -0.2) is 17.9 Å². The Morgan fingerprint density at radius 3 is 2.41 bits per heavy atom. The van der Waals surface area contributed by atoms with Gasteiger partial charge in [-0.15, -0.1) is 0 Å². The first-order valence-electron chi connectivity index (χ1n) is 6.83. The van der Waals surface area contributed by atoms with Gasteiger partial charge in [-0.25, -0.2) is 4.79 Å². The summed E-state index contributed by atoms with van der Waals surface area (Å²) in [6.07, 6.45) is 8.66. The Labute approximate surface area is 104 Å². The molecule has 1 saturated carbocycles. The van der Waals surface area contributed by atoms with E-state index in [4.69, 9.17) is 4.74 Å². The summed E-state index contributed by atoms with van der Waals surface area (Å²) in [5.74, 6) is -0.254. The third-order valence-electron chi connectivity index (χ3n) is 3.31. The van der Waals surface area contributed by atoms with Crippen LogP contribution in [-0.2, 0) is 14.3 Å². The van der Waals surface area contributed by atoms with Gasteiger partial charge in [-0.3, -0.25) is 4.79 Å². The molecule has 1 fully saturated rings. The molecule has 0 atom stereocenters. The van der Waals surface area contributed by atoms with Crippen LogP contribution in [0.2, 0.25) is 0 Å². The van der Waals surface area contributed by atoms with Crippen molar-refractivity contribution in [1.29, 1.82) is 0 Å². The molecule has 3 nitrogen and oxygen atoms in total. The fraction of sp³-hybridized carbons (Fsp3) is 0.857. The number of esters is 1. The van der Waals surface area contributed by atoms with Crippen molar-refractivity contribution in [1.82, 2.24) is 0 Å². The summed E-state index contributed by atoms with van der Waals surface area (Å²) in [7, 11) is 0. The molecule has 0 bridgehead atoms. The number of carbonyl (C=O) groups excluding carboxylic acids is 2. The average Bonchev–Trinajstić information content (AvgIpc) is 2.29. The third kappa shape index (κ3) is 5.85. The lowest BCUT2D eigenvalue weighted by molar-refractivity contribution is -0.156. The fourth-order valence-electron chi connectivity index (χ4n) is 2.41. The van der Waals surface area contributed by atoms with Gasteiger partial charge in [0.05, 0.1) is 6.10 Å². The summed E-state index contributed by atoms with van der Waals surface area (Å²) in [6.45, 7) is 3.51. The zero-order valence-electron chi connectivity index (χ0n) is 11.0. The van der Waals surface area contributed by atoms with E-state index in [1.807, 2.05) is 0 Å². The van der Waals surface area contributed by atoms with E-state index in [1.54, 1.807) is 13.8 Å². The first kappa shape index (κ1) is 14.2. The highest BCUT2D eigenvalue weighted by Gasteiger charge is 2.18. The predicted molar refractivity (Wildman–Crippen MR) is 66.7 cm³/mol. The third-order valence-corrected chi connectivity index (χ3v) is 3.31. The van der Waals surface area contributed by atoms with Crippen molar-refractivity contribution >= 4 is 11.8 Å². The molecule has 0 aromatic heterocycles. The highest BCUT2D eigenvalue weighted by atomic mass is 16.5. The van der Waals surface area contributed by atoms with Crippen molar-refractivity contribution < 1.29 is 14.3 Å². The molecule has 0 spiro atoms. The van der Waals surface area contributed by atoms with E-state index in [1.165, 1.54) is 32.1 Å². The smallest absolute Gasteiger partial charge is 0.374 e. The lowest BCUT2D eigenvalue weighted by atomic mass is 9.85. The van der Waals surface area contributed by atoms with Crippen LogP contribution in [0.3, 0.4) is 0 Å². The SMILES string of the molecule is CC(C)OC(=O)C(=O)CCCC1CCCCC1. The van der Waals surface area contributed by atoms with Gasteiger partial charge in [0.25, 0.3) is 0 Å². The molecule has 0 aromatic carbocycles. The Morgan fingerprint density at radius 2 is 1.82 bits per heavy atom. The van der Waals surface area contributed by atoms with Gasteiger partial charge in [0.2, 0.25) is 5.78 Å². The molecule has 0 N–H and O–H groups in total. The van der Waals surface area contributed by atoms with Crippen LogP contribution in [0.4, 0.5) is 0 Å². The lowest BCUT2D eigenvalue weighted by Crippen LogP contribution is -2.21. The Balaban J connectivity index is 2.12. The summed E-state index contributed by atoms with van der Waals surface area (Å²) in [5.41, 5.74) is 0.